The summed E-state index contributed by atoms with van der Waals surface area (Å²) in [5.41, 5.74) is 2.22. The maximum absolute atomic E-state index is 5.32. The van der Waals surface area contributed by atoms with E-state index in [9.17, 15) is 0 Å². The van der Waals surface area contributed by atoms with E-state index in [1.807, 2.05) is 12.1 Å². The molecule has 1 aromatic heterocycles. The van der Waals surface area contributed by atoms with Gasteiger partial charge in [-0.25, -0.2) is 0 Å². The lowest BCUT2D eigenvalue weighted by Gasteiger charge is -2.34. The normalized spacial score (nSPS) is 15.7. The summed E-state index contributed by atoms with van der Waals surface area (Å²) in [4.78, 5) is 6.69. The van der Waals surface area contributed by atoms with Gasteiger partial charge in [0.25, 0.3) is 0 Å². The van der Waals surface area contributed by atoms with Gasteiger partial charge in [0.2, 0.25) is 11.7 Å². The molecular formula is C14H18N4O. The van der Waals surface area contributed by atoms with E-state index in [0.29, 0.717) is 24.3 Å². The molecule has 1 aliphatic heterocycles. The van der Waals surface area contributed by atoms with Crippen LogP contribution in [0.2, 0.25) is 0 Å². The van der Waals surface area contributed by atoms with Crippen LogP contribution in [0.25, 0.3) is 11.4 Å². The predicted molar refractivity (Wildman–Crippen MR) is 72.6 cm³/mol. The van der Waals surface area contributed by atoms with Gasteiger partial charge < -0.3 is 9.84 Å². The van der Waals surface area contributed by atoms with E-state index >= 15 is 0 Å². The van der Waals surface area contributed by atoms with Crippen LogP contribution in [0.1, 0.15) is 11.5 Å². The first-order chi connectivity index (χ1) is 9.22. The molecule has 0 saturated carbocycles. The second kappa shape index (κ2) is 5.11. The highest BCUT2D eigenvalue weighted by Gasteiger charge is 2.23. The van der Waals surface area contributed by atoms with Crippen molar-refractivity contribution in [1.82, 2.24) is 20.4 Å². The fraction of sp³-hybridized carbons (Fsp3) is 0.429. The second-order valence-corrected chi connectivity index (χ2v) is 5.10. The zero-order chi connectivity index (χ0) is 13.2. The highest BCUT2D eigenvalue weighted by atomic mass is 16.5. The van der Waals surface area contributed by atoms with E-state index in [-0.39, 0.29) is 0 Å². The predicted octanol–water partition coefficient (Wildman–Crippen LogP) is 1.45. The van der Waals surface area contributed by atoms with E-state index in [2.05, 4.69) is 46.5 Å². The van der Waals surface area contributed by atoms with Crippen molar-refractivity contribution in [3.63, 3.8) is 0 Å². The van der Waals surface area contributed by atoms with Gasteiger partial charge in [0.15, 0.2) is 0 Å². The largest absolute Gasteiger partial charge is 0.338 e. The highest BCUT2D eigenvalue weighted by Crippen LogP contribution is 2.17. The molecular weight excluding hydrogens is 240 g/mol. The minimum Gasteiger partial charge on any atom is -0.338 e. The van der Waals surface area contributed by atoms with Crippen LogP contribution in [0.4, 0.5) is 0 Å². The molecule has 1 fully saturated rings. The number of hydrogen-bond donors (Lipinski definition) is 1. The number of aryl methyl sites for hydroxylation is 1. The first kappa shape index (κ1) is 12.3. The quantitative estimate of drug-likeness (QED) is 0.899. The van der Waals surface area contributed by atoms with Crippen LogP contribution in [-0.2, 0) is 6.54 Å². The Bertz CT molecular complexity index is 545. The topological polar surface area (TPSA) is 54.2 Å². The summed E-state index contributed by atoms with van der Waals surface area (Å²) >= 11 is 0. The average Bonchev–Trinajstić information content (AvgIpc) is 2.76. The van der Waals surface area contributed by atoms with Gasteiger partial charge in [-0.1, -0.05) is 35.0 Å². The van der Waals surface area contributed by atoms with Crippen molar-refractivity contribution in [1.29, 1.82) is 0 Å². The second-order valence-electron chi connectivity index (χ2n) is 5.10. The number of nitrogens with one attached hydrogen (secondary N) is 1. The Morgan fingerprint density at radius 2 is 2.05 bits per heavy atom. The third-order valence-electron chi connectivity index (χ3n) is 3.55. The standard InChI is InChI=1S/C14H18N4O/c1-10-3-5-11(6-4-10)14-16-13(19-17-14)9-18(2)12-7-15-8-12/h3-6,12,15H,7-9H2,1-2H3. The molecule has 1 N–H and O–H groups in total. The third-order valence-corrected chi connectivity index (χ3v) is 3.55. The molecule has 0 bridgehead atoms. The summed E-state index contributed by atoms with van der Waals surface area (Å²) in [6, 6.07) is 8.72. The van der Waals surface area contributed by atoms with Crippen molar-refractivity contribution in [3.8, 4) is 11.4 Å². The molecule has 0 unspecified atom stereocenters. The molecule has 5 nitrogen and oxygen atoms in total. The summed E-state index contributed by atoms with van der Waals surface area (Å²) in [5.74, 6) is 1.33. The van der Waals surface area contributed by atoms with Gasteiger partial charge in [-0.3, -0.25) is 4.90 Å². The van der Waals surface area contributed by atoms with E-state index < -0.39 is 0 Å². The average molecular weight is 258 g/mol. The van der Waals surface area contributed by atoms with Crippen LogP contribution in [0, 0.1) is 6.92 Å². The zero-order valence-corrected chi connectivity index (χ0v) is 11.3. The minimum atomic E-state index is 0.578. The molecule has 2 heterocycles. The van der Waals surface area contributed by atoms with E-state index in [1.54, 1.807) is 0 Å². The van der Waals surface area contributed by atoms with E-state index in [4.69, 9.17) is 4.52 Å². The van der Waals surface area contributed by atoms with Crippen LogP contribution in [0.3, 0.4) is 0 Å². The van der Waals surface area contributed by atoms with Crippen molar-refractivity contribution < 1.29 is 4.52 Å². The Morgan fingerprint density at radius 1 is 1.32 bits per heavy atom. The Hall–Kier alpha value is -1.72. The molecule has 2 aromatic rings. The summed E-state index contributed by atoms with van der Waals surface area (Å²) in [5, 5.41) is 7.30. The monoisotopic (exact) mass is 258 g/mol. The molecule has 0 amide bonds. The van der Waals surface area contributed by atoms with Crippen LogP contribution in [-0.4, -0.2) is 41.2 Å². The van der Waals surface area contributed by atoms with Crippen molar-refractivity contribution >= 4 is 0 Å². The SMILES string of the molecule is Cc1ccc(-c2noc(CN(C)C3CNC3)n2)cc1. The molecule has 1 aromatic carbocycles. The lowest BCUT2D eigenvalue weighted by atomic mass is 10.1. The van der Waals surface area contributed by atoms with Crippen LogP contribution >= 0.6 is 0 Å². The van der Waals surface area contributed by atoms with Gasteiger partial charge in [0, 0.05) is 24.7 Å². The number of nitrogens with zero attached hydrogens (tertiary/aromatic N) is 3. The number of aromatic nitrogens is 2. The van der Waals surface area contributed by atoms with Gasteiger partial charge in [-0.05, 0) is 14.0 Å². The number of rotatable bonds is 4. The van der Waals surface area contributed by atoms with Crippen molar-refractivity contribution in [2.24, 2.45) is 0 Å². The fourth-order valence-corrected chi connectivity index (χ4v) is 2.07. The molecule has 0 spiro atoms. The van der Waals surface area contributed by atoms with Crippen LogP contribution < -0.4 is 5.32 Å². The van der Waals surface area contributed by atoms with Gasteiger partial charge in [0.1, 0.15) is 0 Å². The Labute approximate surface area is 112 Å². The Balaban J connectivity index is 1.70. The Morgan fingerprint density at radius 3 is 2.68 bits per heavy atom. The molecule has 0 atom stereocenters. The number of benzene rings is 1. The van der Waals surface area contributed by atoms with Crippen LogP contribution in [0.5, 0.6) is 0 Å². The van der Waals surface area contributed by atoms with Crippen molar-refractivity contribution in [3.05, 3.63) is 35.7 Å². The molecule has 0 aliphatic carbocycles. The molecule has 5 heteroatoms. The maximum atomic E-state index is 5.32. The molecule has 1 saturated heterocycles. The molecule has 100 valence electrons. The fourth-order valence-electron chi connectivity index (χ4n) is 2.07. The lowest BCUT2D eigenvalue weighted by Crippen LogP contribution is -2.55. The smallest absolute Gasteiger partial charge is 0.241 e. The van der Waals surface area contributed by atoms with E-state index in [1.165, 1.54) is 5.56 Å². The molecule has 0 radical (unpaired) electrons. The third kappa shape index (κ3) is 2.67. The maximum Gasteiger partial charge on any atom is 0.241 e. The minimum absolute atomic E-state index is 0.578. The summed E-state index contributed by atoms with van der Waals surface area (Å²) in [6.45, 7) is 4.84. The first-order valence-corrected chi connectivity index (χ1v) is 6.53. The van der Waals surface area contributed by atoms with Crippen LogP contribution in [0.15, 0.2) is 28.8 Å². The zero-order valence-electron chi connectivity index (χ0n) is 11.3. The van der Waals surface area contributed by atoms with E-state index in [0.717, 1.165) is 18.7 Å². The summed E-state index contributed by atoms with van der Waals surface area (Å²) in [6.07, 6.45) is 0. The summed E-state index contributed by atoms with van der Waals surface area (Å²) < 4.78 is 5.32. The van der Waals surface area contributed by atoms with Gasteiger partial charge in [-0.2, -0.15) is 4.98 Å². The van der Waals surface area contributed by atoms with Gasteiger partial charge >= 0.3 is 0 Å². The first-order valence-electron chi connectivity index (χ1n) is 6.53. The highest BCUT2D eigenvalue weighted by molar-refractivity contribution is 5.54. The molecule has 19 heavy (non-hydrogen) atoms. The van der Waals surface area contributed by atoms with Gasteiger partial charge in [-0.15, -0.1) is 0 Å². The van der Waals surface area contributed by atoms with Crippen molar-refractivity contribution in [2.75, 3.05) is 20.1 Å². The lowest BCUT2D eigenvalue weighted by molar-refractivity contribution is 0.155. The molecule has 3 rings (SSSR count). The Kier molecular flexibility index (Phi) is 3.31. The number of hydrogen-bond acceptors (Lipinski definition) is 5. The van der Waals surface area contributed by atoms with Gasteiger partial charge in [0.05, 0.1) is 6.54 Å². The van der Waals surface area contributed by atoms with Crippen molar-refractivity contribution in [2.45, 2.75) is 19.5 Å². The number of likely N-dealkylation sites (N-methyl/N-ethyl adjacent to an activating group) is 1. The summed E-state index contributed by atoms with van der Waals surface area (Å²) in [7, 11) is 2.08. The molecule has 1 aliphatic rings.